The van der Waals surface area contributed by atoms with Crippen molar-refractivity contribution in [3.63, 3.8) is 0 Å². The van der Waals surface area contributed by atoms with Crippen LogP contribution in [0, 0.1) is 0 Å². The highest BCUT2D eigenvalue weighted by atomic mass is 16.5. The van der Waals surface area contributed by atoms with Crippen LogP contribution in [0.25, 0.3) is 0 Å². The first kappa shape index (κ1) is 22.4. The van der Waals surface area contributed by atoms with Crippen molar-refractivity contribution in [1.82, 2.24) is 10.6 Å². The van der Waals surface area contributed by atoms with E-state index in [1.807, 2.05) is 36.4 Å². The van der Waals surface area contributed by atoms with Crippen molar-refractivity contribution < 1.29 is 18.9 Å². The molecule has 0 amide bonds. The van der Waals surface area contributed by atoms with E-state index >= 15 is 0 Å². The predicted octanol–water partition coefficient (Wildman–Crippen LogP) is 2.98. The summed E-state index contributed by atoms with van der Waals surface area (Å²) in [6, 6.07) is 13.9. The van der Waals surface area contributed by atoms with E-state index in [-0.39, 0.29) is 0 Å². The number of nitrogens with zero attached hydrogens (tertiary/aromatic N) is 1. The van der Waals surface area contributed by atoms with E-state index in [0.29, 0.717) is 43.8 Å². The molecule has 2 N–H and O–H groups in total. The number of hydrogen-bond acceptors (Lipinski definition) is 5. The summed E-state index contributed by atoms with van der Waals surface area (Å²) in [7, 11) is 6.70. The van der Waals surface area contributed by atoms with Crippen molar-refractivity contribution in [2.45, 2.75) is 19.5 Å². The highest BCUT2D eigenvalue weighted by molar-refractivity contribution is 5.79. The molecule has 29 heavy (non-hydrogen) atoms. The fourth-order valence-electron chi connectivity index (χ4n) is 2.72. The largest absolute Gasteiger partial charge is 0.493 e. The third-order valence-corrected chi connectivity index (χ3v) is 4.25. The highest BCUT2D eigenvalue weighted by Gasteiger charge is 2.06. The minimum atomic E-state index is 0.614. The molecule has 158 valence electrons. The van der Waals surface area contributed by atoms with Gasteiger partial charge >= 0.3 is 0 Å². The lowest BCUT2D eigenvalue weighted by Gasteiger charge is -2.14. The molecule has 0 spiro atoms. The Balaban J connectivity index is 1.85. The highest BCUT2D eigenvalue weighted by Crippen LogP contribution is 2.27. The molecule has 0 saturated carbocycles. The van der Waals surface area contributed by atoms with Crippen molar-refractivity contribution in [1.29, 1.82) is 0 Å². The maximum atomic E-state index is 5.75. The normalized spacial score (nSPS) is 11.1. The number of benzene rings is 2. The zero-order chi connectivity index (χ0) is 20.9. The van der Waals surface area contributed by atoms with Gasteiger partial charge in [-0.2, -0.15) is 0 Å². The Morgan fingerprint density at radius 2 is 1.59 bits per heavy atom. The Hall–Kier alpha value is -2.93. The summed E-state index contributed by atoms with van der Waals surface area (Å²) in [5.41, 5.74) is 2.18. The van der Waals surface area contributed by atoms with Gasteiger partial charge in [0, 0.05) is 40.3 Å². The van der Waals surface area contributed by atoms with Crippen LogP contribution in [-0.4, -0.2) is 47.6 Å². The van der Waals surface area contributed by atoms with Gasteiger partial charge in [0.25, 0.3) is 0 Å². The van der Waals surface area contributed by atoms with Gasteiger partial charge in [0.05, 0.1) is 20.8 Å². The number of nitrogens with one attached hydrogen (secondary N) is 2. The standard InChI is InChI=1S/C22H31N3O4/c1-23-22(25-16-18-9-10-20(27-3)21(14-18)28-4)24-15-17-7-5-8-19(13-17)29-12-6-11-26-2/h5,7-10,13-14H,6,11-12,15-16H2,1-4H3,(H2,23,24,25). The maximum Gasteiger partial charge on any atom is 0.191 e. The molecule has 7 nitrogen and oxygen atoms in total. The van der Waals surface area contributed by atoms with Crippen LogP contribution < -0.4 is 24.8 Å². The van der Waals surface area contributed by atoms with E-state index < -0.39 is 0 Å². The number of aliphatic imine (C=N–C) groups is 1. The molecule has 2 aromatic carbocycles. The molecular weight excluding hydrogens is 370 g/mol. The summed E-state index contributed by atoms with van der Waals surface area (Å²) in [6.45, 7) is 2.59. The molecular formula is C22H31N3O4. The Morgan fingerprint density at radius 3 is 2.24 bits per heavy atom. The third-order valence-electron chi connectivity index (χ3n) is 4.25. The van der Waals surface area contributed by atoms with Crippen molar-refractivity contribution in [2.24, 2.45) is 4.99 Å². The monoisotopic (exact) mass is 401 g/mol. The number of methoxy groups -OCH3 is 3. The van der Waals surface area contributed by atoms with E-state index in [0.717, 1.165) is 23.3 Å². The van der Waals surface area contributed by atoms with Crippen LogP contribution in [0.3, 0.4) is 0 Å². The van der Waals surface area contributed by atoms with Gasteiger partial charge in [-0.15, -0.1) is 0 Å². The molecule has 2 aromatic rings. The average Bonchev–Trinajstić information content (AvgIpc) is 2.77. The fraction of sp³-hybridized carbons (Fsp3) is 0.409. The van der Waals surface area contributed by atoms with Gasteiger partial charge < -0.3 is 29.6 Å². The fourth-order valence-corrected chi connectivity index (χ4v) is 2.72. The quantitative estimate of drug-likeness (QED) is 0.343. The lowest BCUT2D eigenvalue weighted by atomic mass is 10.2. The van der Waals surface area contributed by atoms with E-state index in [1.165, 1.54) is 0 Å². The summed E-state index contributed by atoms with van der Waals surface area (Å²) in [5, 5.41) is 6.62. The summed E-state index contributed by atoms with van der Waals surface area (Å²) < 4.78 is 21.4. The van der Waals surface area contributed by atoms with Gasteiger partial charge in [-0.3, -0.25) is 4.99 Å². The van der Waals surface area contributed by atoms with Crippen molar-refractivity contribution in [3.8, 4) is 17.2 Å². The Kier molecular flexibility index (Phi) is 9.65. The molecule has 0 saturated heterocycles. The zero-order valence-corrected chi connectivity index (χ0v) is 17.7. The summed E-state index contributed by atoms with van der Waals surface area (Å²) >= 11 is 0. The lowest BCUT2D eigenvalue weighted by molar-refractivity contribution is 0.172. The number of rotatable bonds is 11. The van der Waals surface area contributed by atoms with Crippen LogP contribution in [0.4, 0.5) is 0 Å². The molecule has 2 rings (SSSR count). The van der Waals surface area contributed by atoms with Gasteiger partial charge in [0.1, 0.15) is 5.75 Å². The molecule has 0 aromatic heterocycles. The van der Waals surface area contributed by atoms with Crippen LogP contribution in [0.2, 0.25) is 0 Å². The van der Waals surface area contributed by atoms with Crippen LogP contribution in [0.5, 0.6) is 17.2 Å². The second-order valence-electron chi connectivity index (χ2n) is 6.31. The van der Waals surface area contributed by atoms with E-state index in [2.05, 4.69) is 21.7 Å². The molecule has 0 unspecified atom stereocenters. The topological polar surface area (TPSA) is 73.3 Å². The van der Waals surface area contributed by atoms with Crippen LogP contribution in [0.15, 0.2) is 47.5 Å². The Bertz CT molecular complexity index is 780. The van der Waals surface area contributed by atoms with E-state index in [4.69, 9.17) is 18.9 Å². The second kappa shape index (κ2) is 12.5. The van der Waals surface area contributed by atoms with Crippen molar-refractivity contribution in [3.05, 3.63) is 53.6 Å². The van der Waals surface area contributed by atoms with E-state index in [9.17, 15) is 0 Å². The van der Waals surface area contributed by atoms with Crippen LogP contribution in [-0.2, 0) is 17.8 Å². The van der Waals surface area contributed by atoms with Gasteiger partial charge in [-0.1, -0.05) is 18.2 Å². The van der Waals surface area contributed by atoms with Gasteiger partial charge in [-0.05, 0) is 35.4 Å². The smallest absolute Gasteiger partial charge is 0.191 e. The molecule has 0 atom stereocenters. The molecule has 0 aliphatic heterocycles. The molecule has 0 aliphatic rings. The average molecular weight is 402 g/mol. The first-order valence-electron chi connectivity index (χ1n) is 9.56. The predicted molar refractivity (Wildman–Crippen MR) is 115 cm³/mol. The number of guanidine groups is 1. The molecule has 7 heteroatoms. The lowest BCUT2D eigenvalue weighted by Crippen LogP contribution is -2.36. The zero-order valence-electron chi connectivity index (χ0n) is 17.7. The minimum Gasteiger partial charge on any atom is -0.493 e. The van der Waals surface area contributed by atoms with Crippen LogP contribution in [0.1, 0.15) is 17.5 Å². The molecule has 0 bridgehead atoms. The van der Waals surface area contributed by atoms with E-state index in [1.54, 1.807) is 28.4 Å². The summed E-state index contributed by atoms with van der Waals surface area (Å²) in [5.74, 6) is 2.99. The minimum absolute atomic E-state index is 0.614. The molecule has 0 heterocycles. The Labute approximate surface area is 173 Å². The van der Waals surface area contributed by atoms with Crippen molar-refractivity contribution in [2.75, 3.05) is 41.6 Å². The first-order valence-corrected chi connectivity index (χ1v) is 9.56. The molecule has 0 fully saturated rings. The Morgan fingerprint density at radius 1 is 0.862 bits per heavy atom. The number of hydrogen-bond donors (Lipinski definition) is 2. The summed E-state index contributed by atoms with van der Waals surface area (Å²) in [4.78, 5) is 4.28. The van der Waals surface area contributed by atoms with Gasteiger partial charge in [0.15, 0.2) is 17.5 Å². The maximum absolute atomic E-state index is 5.75. The second-order valence-corrected chi connectivity index (χ2v) is 6.31. The van der Waals surface area contributed by atoms with Crippen molar-refractivity contribution >= 4 is 5.96 Å². The molecule has 0 aliphatic carbocycles. The molecule has 0 radical (unpaired) electrons. The third kappa shape index (κ3) is 7.54. The first-order chi connectivity index (χ1) is 14.2. The van der Waals surface area contributed by atoms with Crippen LogP contribution >= 0.6 is 0 Å². The van der Waals surface area contributed by atoms with Gasteiger partial charge in [0.2, 0.25) is 0 Å². The summed E-state index contributed by atoms with van der Waals surface area (Å²) in [6.07, 6.45) is 0.867. The SMILES string of the molecule is CN=C(NCc1cccc(OCCCOC)c1)NCc1ccc(OC)c(OC)c1. The van der Waals surface area contributed by atoms with Gasteiger partial charge in [-0.25, -0.2) is 0 Å². The number of ether oxygens (including phenoxy) is 4.